The number of aromatic hydroxyl groups is 1. The van der Waals surface area contributed by atoms with E-state index in [2.05, 4.69) is 24.8 Å². The van der Waals surface area contributed by atoms with E-state index in [4.69, 9.17) is 0 Å². The van der Waals surface area contributed by atoms with Crippen LogP contribution in [-0.4, -0.2) is 29.6 Å². The van der Waals surface area contributed by atoms with Crippen molar-refractivity contribution in [3.63, 3.8) is 0 Å². The van der Waals surface area contributed by atoms with Crippen LogP contribution in [0.3, 0.4) is 0 Å². The highest BCUT2D eigenvalue weighted by atomic mass is 16.3. The summed E-state index contributed by atoms with van der Waals surface area (Å²) in [6.07, 6.45) is 3.71. The van der Waals surface area contributed by atoms with Gasteiger partial charge in [0.2, 0.25) is 0 Å². The van der Waals surface area contributed by atoms with Crippen molar-refractivity contribution in [1.82, 2.24) is 4.90 Å². The lowest BCUT2D eigenvalue weighted by Gasteiger charge is -2.30. The smallest absolute Gasteiger partial charge is 0.115 e. The quantitative estimate of drug-likeness (QED) is 0.863. The van der Waals surface area contributed by atoms with Gasteiger partial charge in [0.1, 0.15) is 5.75 Å². The molecule has 0 amide bonds. The lowest BCUT2D eigenvalue weighted by atomic mass is 9.82. The molecule has 1 N–H and O–H groups in total. The van der Waals surface area contributed by atoms with E-state index in [-0.39, 0.29) is 0 Å². The lowest BCUT2D eigenvalue weighted by molar-refractivity contribution is 0.272. The fraction of sp³-hybridized carbons (Fsp3) is 0.600. The summed E-state index contributed by atoms with van der Waals surface area (Å²) in [5.41, 5.74) is 2.81. The molecule has 0 bridgehead atoms. The number of rotatable bonds is 4. The minimum Gasteiger partial charge on any atom is -0.508 e. The number of likely N-dealkylation sites (N-methyl/N-ethyl adjacent to an activating group) is 1. The number of fused-ring (bicyclic) bond motifs is 1. The minimum absolute atomic E-state index is 0.412. The van der Waals surface area contributed by atoms with Gasteiger partial charge in [0.05, 0.1) is 0 Å². The van der Waals surface area contributed by atoms with Crippen LogP contribution in [0.25, 0.3) is 0 Å². The van der Waals surface area contributed by atoms with E-state index in [1.165, 1.54) is 30.4 Å². The molecule has 0 fully saturated rings. The van der Waals surface area contributed by atoms with Crippen LogP contribution in [0.1, 0.15) is 43.7 Å². The first-order valence-electron chi connectivity index (χ1n) is 6.78. The molecular formula is C15H23NO. The molecule has 1 aliphatic rings. The second-order valence-electron chi connectivity index (χ2n) is 4.96. The van der Waals surface area contributed by atoms with Gasteiger partial charge >= 0.3 is 0 Å². The summed E-state index contributed by atoms with van der Waals surface area (Å²) < 4.78 is 0. The number of benzene rings is 1. The van der Waals surface area contributed by atoms with Crippen LogP contribution in [0.15, 0.2) is 18.2 Å². The molecule has 0 heterocycles. The predicted octanol–water partition coefficient (Wildman–Crippen LogP) is 3.15. The molecule has 2 heteroatoms. The van der Waals surface area contributed by atoms with Crippen molar-refractivity contribution in [1.29, 1.82) is 0 Å². The van der Waals surface area contributed by atoms with Gasteiger partial charge in [-0.05, 0) is 61.5 Å². The maximum absolute atomic E-state index is 9.64. The van der Waals surface area contributed by atoms with Gasteiger partial charge in [0, 0.05) is 6.54 Å². The van der Waals surface area contributed by atoms with Crippen molar-refractivity contribution in [3.8, 4) is 5.75 Å². The van der Waals surface area contributed by atoms with Gasteiger partial charge in [-0.2, -0.15) is 0 Å². The Morgan fingerprint density at radius 1 is 1.29 bits per heavy atom. The molecule has 1 aromatic rings. The number of hydrogen-bond acceptors (Lipinski definition) is 2. The fourth-order valence-electron chi connectivity index (χ4n) is 2.87. The van der Waals surface area contributed by atoms with Gasteiger partial charge < -0.3 is 10.0 Å². The van der Waals surface area contributed by atoms with E-state index in [0.717, 1.165) is 19.6 Å². The molecule has 1 aromatic carbocycles. The minimum atomic E-state index is 0.412. The fourth-order valence-corrected chi connectivity index (χ4v) is 2.87. The normalized spacial score (nSPS) is 19.4. The molecule has 0 saturated carbocycles. The van der Waals surface area contributed by atoms with Crippen LogP contribution in [0.2, 0.25) is 0 Å². The SMILES string of the molecule is CCN(CC)CC1CCCc2ccc(O)cc21. The zero-order valence-electron chi connectivity index (χ0n) is 10.9. The molecular weight excluding hydrogens is 210 g/mol. The zero-order chi connectivity index (χ0) is 12.3. The first-order chi connectivity index (χ1) is 8.24. The van der Waals surface area contributed by atoms with E-state index in [9.17, 15) is 5.11 Å². The molecule has 0 saturated heterocycles. The first-order valence-corrected chi connectivity index (χ1v) is 6.78. The molecule has 1 atom stereocenters. The Hall–Kier alpha value is -1.02. The number of phenolic OH excluding ortho intramolecular Hbond substituents is 1. The standard InChI is InChI=1S/C15H23NO/c1-3-16(4-2)11-13-7-5-6-12-8-9-14(17)10-15(12)13/h8-10,13,17H,3-7,11H2,1-2H3. The summed E-state index contributed by atoms with van der Waals surface area (Å²) in [7, 11) is 0. The summed E-state index contributed by atoms with van der Waals surface area (Å²) in [6, 6.07) is 5.89. The van der Waals surface area contributed by atoms with Gasteiger partial charge in [0.15, 0.2) is 0 Å². The van der Waals surface area contributed by atoms with Crippen molar-refractivity contribution in [3.05, 3.63) is 29.3 Å². The van der Waals surface area contributed by atoms with Crippen LogP contribution < -0.4 is 0 Å². The topological polar surface area (TPSA) is 23.5 Å². The second kappa shape index (κ2) is 5.54. The Morgan fingerprint density at radius 3 is 2.76 bits per heavy atom. The molecule has 0 radical (unpaired) electrons. The van der Waals surface area contributed by atoms with E-state index in [1.807, 2.05) is 12.1 Å². The maximum Gasteiger partial charge on any atom is 0.115 e. The Labute approximate surface area is 104 Å². The highest BCUT2D eigenvalue weighted by Gasteiger charge is 2.21. The predicted molar refractivity (Wildman–Crippen MR) is 71.6 cm³/mol. The number of aryl methyl sites for hydroxylation is 1. The Kier molecular flexibility index (Phi) is 4.06. The van der Waals surface area contributed by atoms with Crippen LogP contribution >= 0.6 is 0 Å². The highest BCUT2D eigenvalue weighted by Crippen LogP contribution is 2.34. The van der Waals surface area contributed by atoms with E-state index >= 15 is 0 Å². The van der Waals surface area contributed by atoms with E-state index in [1.54, 1.807) is 0 Å². The first kappa shape index (κ1) is 12.4. The van der Waals surface area contributed by atoms with Crippen LogP contribution in [0, 0.1) is 0 Å². The summed E-state index contributed by atoms with van der Waals surface area (Å²) in [5.74, 6) is 1.01. The van der Waals surface area contributed by atoms with Crippen molar-refractivity contribution < 1.29 is 5.11 Å². The summed E-state index contributed by atoms with van der Waals surface area (Å²) >= 11 is 0. The molecule has 1 unspecified atom stereocenters. The summed E-state index contributed by atoms with van der Waals surface area (Å²) in [5, 5.41) is 9.64. The van der Waals surface area contributed by atoms with E-state index < -0.39 is 0 Å². The average molecular weight is 233 g/mol. The third-order valence-electron chi connectivity index (χ3n) is 3.94. The van der Waals surface area contributed by atoms with E-state index in [0.29, 0.717) is 11.7 Å². The Bertz CT molecular complexity index is 371. The molecule has 2 nitrogen and oxygen atoms in total. The molecule has 0 aliphatic heterocycles. The Balaban J connectivity index is 2.18. The average Bonchev–Trinajstić information content (AvgIpc) is 2.36. The molecule has 94 valence electrons. The van der Waals surface area contributed by atoms with Gasteiger partial charge in [-0.3, -0.25) is 0 Å². The van der Waals surface area contributed by atoms with Crippen LogP contribution in [0.5, 0.6) is 5.75 Å². The summed E-state index contributed by atoms with van der Waals surface area (Å²) in [6.45, 7) is 7.79. The third kappa shape index (κ3) is 2.81. The molecule has 0 aromatic heterocycles. The van der Waals surface area contributed by atoms with Crippen molar-refractivity contribution >= 4 is 0 Å². The van der Waals surface area contributed by atoms with Gasteiger partial charge in [-0.1, -0.05) is 19.9 Å². The molecule has 2 rings (SSSR count). The molecule has 1 aliphatic carbocycles. The maximum atomic E-state index is 9.64. The highest BCUT2D eigenvalue weighted by molar-refractivity contribution is 5.39. The summed E-state index contributed by atoms with van der Waals surface area (Å²) in [4.78, 5) is 2.48. The lowest BCUT2D eigenvalue weighted by Crippen LogP contribution is -2.29. The number of hydrogen-bond donors (Lipinski definition) is 1. The van der Waals surface area contributed by atoms with Crippen LogP contribution in [-0.2, 0) is 6.42 Å². The molecule has 0 spiro atoms. The van der Waals surface area contributed by atoms with Crippen molar-refractivity contribution in [2.24, 2.45) is 0 Å². The Morgan fingerprint density at radius 2 is 2.06 bits per heavy atom. The van der Waals surface area contributed by atoms with Crippen molar-refractivity contribution in [2.75, 3.05) is 19.6 Å². The molecule has 17 heavy (non-hydrogen) atoms. The second-order valence-corrected chi connectivity index (χ2v) is 4.96. The third-order valence-corrected chi connectivity index (χ3v) is 3.94. The van der Waals surface area contributed by atoms with Crippen LogP contribution in [0.4, 0.5) is 0 Å². The monoisotopic (exact) mass is 233 g/mol. The van der Waals surface area contributed by atoms with Gasteiger partial charge in [0.25, 0.3) is 0 Å². The van der Waals surface area contributed by atoms with Gasteiger partial charge in [-0.25, -0.2) is 0 Å². The largest absolute Gasteiger partial charge is 0.508 e. The number of nitrogens with zero attached hydrogens (tertiary/aromatic N) is 1. The zero-order valence-corrected chi connectivity index (χ0v) is 10.9. The number of phenols is 1. The van der Waals surface area contributed by atoms with Gasteiger partial charge in [-0.15, -0.1) is 0 Å². The van der Waals surface area contributed by atoms with Crippen molar-refractivity contribution in [2.45, 2.75) is 39.0 Å².